The van der Waals surface area contributed by atoms with Gasteiger partial charge in [0.15, 0.2) is 0 Å². The topological polar surface area (TPSA) is 63.8 Å². The Morgan fingerprint density at radius 1 is 1.25 bits per heavy atom. The van der Waals surface area contributed by atoms with Crippen LogP contribution in [0.25, 0.3) is 0 Å². The van der Waals surface area contributed by atoms with E-state index in [1.807, 2.05) is 31.2 Å². The number of nitrogens with one attached hydrogen (secondary N) is 1. The Morgan fingerprint density at radius 3 is 2.75 bits per heavy atom. The van der Waals surface area contributed by atoms with Crippen LogP contribution in [0.3, 0.4) is 0 Å². The molecule has 3 N–H and O–H groups in total. The van der Waals surface area contributed by atoms with Crippen molar-refractivity contribution in [1.82, 2.24) is 9.97 Å². The van der Waals surface area contributed by atoms with Gasteiger partial charge in [-0.15, -0.1) is 0 Å². The lowest BCUT2D eigenvalue weighted by Gasteiger charge is -2.10. The van der Waals surface area contributed by atoms with E-state index in [1.54, 1.807) is 0 Å². The van der Waals surface area contributed by atoms with Crippen LogP contribution >= 0.6 is 11.6 Å². The summed E-state index contributed by atoms with van der Waals surface area (Å²) in [5.74, 6) is 1.13. The predicted octanol–water partition coefficient (Wildman–Crippen LogP) is 2.76. The fourth-order valence-electron chi connectivity index (χ4n) is 1.28. The number of hydrogen-bond donors (Lipinski definition) is 2. The maximum atomic E-state index is 6.03. The van der Waals surface area contributed by atoms with E-state index >= 15 is 0 Å². The SMILES string of the molecule is Cc1c(N)ncnc1Nc1ccccc1Cl. The van der Waals surface area contributed by atoms with Gasteiger partial charge in [-0.1, -0.05) is 23.7 Å². The zero-order chi connectivity index (χ0) is 11.5. The molecule has 1 aromatic heterocycles. The Hall–Kier alpha value is -1.81. The molecule has 1 aromatic carbocycles. The highest BCUT2D eigenvalue weighted by Crippen LogP contribution is 2.26. The van der Waals surface area contributed by atoms with Gasteiger partial charge in [0.1, 0.15) is 18.0 Å². The highest BCUT2D eigenvalue weighted by molar-refractivity contribution is 6.33. The number of anilines is 3. The number of rotatable bonds is 2. The third-order valence-electron chi connectivity index (χ3n) is 2.25. The molecule has 0 aliphatic heterocycles. The van der Waals surface area contributed by atoms with Crippen LogP contribution in [-0.4, -0.2) is 9.97 Å². The molecule has 0 aliphatic rings. The van der Waals surface area contributed by atoms with Gasteiger partial charge >= 0.3 is 0 Å². The van der Waals surface area contributed by atoms with Gasteiger partial charge in [0.25, 0.3) is 0 Å². The fraction of sp³-hybridized carbons (Fsp3) is 0.0909. The lowest BCUT2D eigenvalue weighted by molar-refractivity contribution is 1.14. The molecular weight excluding hydrogens is 224 g/mol. The summed E-state index contributed by atoms with van der Waals surface area (Å²) in [5, 5.41) is 3.76. The van der Waals surface area contributed by atoms with Gasteiger partial charge in [0, 0.05) is 5.56 Å². The van der Waals surface area contributed by atoms with E-state index in [9.17, 15) is 0 Å². The average molecular weight is 235 g/mol. The zero-order valence-electron chi connectivity index (χ0n) is 8.74. The largest absolute Gasteiger partial charge is 0.383 e. The fourth-order valence-corrected chi connectivity index (χ4v) is 1.46. The summed E-state index contributed by atoms with van der Waals surface area (Å²) >= 11 is 6.03. The summed E-state index contributed by atoms with van der Waals surface area (Å²) in [4.78, 5) is 8.01. The maximum Gasteiger partial charge on any atom is 0.138 e. The van der Waals surface area contributed by atoms with Gasteiger partial charge in [0.05, 0.1) is 10.7 Å². The molecule has 2 aromatic rings. The molecule has 2 rings (SSSR count). The summed E-state index contributed by atoms with van der Waals surface area (Å²) < 4.78 is 0. The molecule has 0 atom stereocenters. The lowest BCUT2D eigenvalue weighted by Crippen LogP contribution is -2.02. The Morgan fingerprint density at radius 2 is 2.00 bits per heavy atom. The summed E-state index contributed by atoms with van der Waals surface area (Å²) in [7, 11) is 0. The number of aromatic nitrogens is 2. The third kappa shape index (κ3) is 2.06. The second-order valence-electron chi connectivity index (χ2n) is 3.34. The van der Waals surface area contributed by atoms with E-state index < -0.39 is 0 Å². The average Bonchev–Trinajstić information content (AvgIpc) is 2.28. The van der Waals surface area contributed by atoms with Crippen molar-refractivity contribution < 1.29 is 0 Å². The summed E-state index contributed by atoms with van der Waals surface area (Å²) in [5.41, 5.74) is 7.29. The first-order chi connectivity index (χ1) is 7.68. The standard InChI is InChI=1S/C11H11ClN4/c1-7-10(13)14-6-15-11(7)16-9-5-3-2-4-8(9)12/h2-6H,1H3,(H3,13,14,15,16). The van der Waals surface area contributed by atoms with E-state index in [4.69, 9.17) is 17.3 Å². The second kappa shape index (κ2) is 4.37. The van der Waals surface area contributed by atoms with Gasteiger partial charge in [-0.25, -0.2) is 9.97 Å². The lowest BCUT2D eigenvalue weighted by atomic mass is 10.3. The first-order valence-corrected chi connectivity index (χ1v) is 5.15. The van der Waals surface area contributed by atoms with Gasteiger partial charge in [-0.3, -0.25) is 0 Å². The van der Waals surface area contributed by atoms with Gasteiger partial charge in [0.2, 0.25) is 0 Å². The van der Waals surface area contributed by atoms with Crippen molar-refractivity contribution in [3.05, 3.63) is 41.2 Å². The van der Waals surface area contributed by atoms with Crippen molar-refractivity contribution in [2.75, 3.05) is 11.1 Å². The molecule has 0 saturated carbocycles. The van der Waals surface area contributed by atoms with Crippen molar-refractivity contribution in [3.8, 4) is 0 Å². The molecule has 1 heterocycles. The molecule has 0 amide bonds. The highest BCUT2D eigenvalue weighted by atomic mass is 35.5. The molecule has 0 radical (unpaired) electrons. The Balaban J connectivity index is 2.35. The van der Waals surface area contributed by atoms with Crippen LogP contribution < -0.4 is 11.1 Å². The number of para-hydroxylation sites is 1. The number of halogens is 1. The zero-order valence-corrected chi connectivity index (χ0v) is 9.49. The van der Waals surface area contributed by atoms with Crippen molar-refractivity contribution >= 4 is 28.9 Å². The first kappa shape index (κ1) is 10.7. The smallest absolute Gasteiger partial charge is 0.138 e. The summed E-state index contributed by atoms with van der Waals surface area (Å²) in [6.07, 6.45) is 1.42. The highest BCUT2D eigenvalue weighted by Gasteiger charge is 2.05. The van der Waals surface area contributed by atoms with Crippen molar-refractivity contribution in [2.24, 2.45) is 0 Å². The number of nitrogen functional groups attached to an aromatic ring is 1. The molecule has 16 heavy (non-hydrogen) atoms. The molecule has 4 nitrogen and oxygen atoms in total. The van der Waals surface area contributed by atoms with E-state index in [2.05, 4.69) is 15.3 Å². The number of benzene rings is 1. The van der Waals surface area contributed by atoms with E-state index in [-0.39, 0.29) is 0 Å². The van der Waals surface area contributed by atoms with Crippen LogP contribution in [0.5, 0.6) is 0 Å². The minimum absolute atomic E-state index is 0.463. The second-order valence-corrected chi connectivity index (χ2v) is 3.74. The maximum absolute atomic E-state index is 6.03. The molecule has 0 bridgehead atoms. The van der Waals surface area contributed by atoms with Crippen LogP contribution in [0.2, 0.25) is 5.02 Å². The molecular formula is C11H11ClN4. The predicted molar refractivity (Wildman–Crippen MR) is 65.9 cm³/mol. The first-order valence-electron chi connectivity index (χ1n) is 4.77. The van der Waals surface area contributed by atoms with Crippen LogP contribution in [0.1, 0.15) is 5.56 Å². The monoisotopic (exact) mass is 234 g/mol. The van der Waals surface area contributed by atoms with Crippen molar-refractivity contribution in [3.63, 3.8) is 0 Å². The van der Waals surface area contributed by atoms with Gasteiger partial charge < -0.3 is 11.1 Å². The number of nitrogens with two attached hydrogens (primary N) is 1. The Labute approximate surface area is 98.5 Å². The van der Waals surface area contributed by atoms with Crippen LogP contribution in [0.4, 0.5) is 17.3 Å². The van der Waals surface area contributed by atoms with E-state index in [1.165, 1.54) is 6.33 Å². The van der Waals surface area contributed by atoms with E-state index in [0.717, 1.165) is 11.3 Å². The van der Waals surface area contributed by atoms with E-state index in [0.29, 0.717) is 16.7 Å². The van der Waals surface area contributed by atoms with Gasteiger partial charge in [-0.05, 0) is 19.1 Å². The van der Waals surface area contributed by atoms with Crippen molar-refractivity contribution in [1.29, 1.82) is 0 Å². The van der Waals surface area contributed by atoms with Gasteiger partial charge in [-0.2, -0.15) is 0 Å². The van der Waals surface area contributed by atoms with Crippen molar-refractivity contribution in [2.45, 2.75) is 6.92 Å². The minimum Gasteiger partial charge on any atom is -0.383 e. The molecule has 0 unspecified atom stereocenters. The Bertz CT molecular complexity index is 513. The molecule has 0 aliphatic carbocycles. The number of nitrogens with zero attached hydrogens (tertiary/aromatic N) is 2. The summed E-state index contributed by atoms with van der Waals surface area (Å²) in [6, 6.07) is 7.45. The summed E-state index contributed by atoms with van der Waals surface area (Å²) in [6.45, 7) is 1.86. The molecule has 0 saturated heterocycles. The molecule has 0 spiro atoms. The minimum atomic E-state index is 0.463. The van der Waals surface area contributed by atoms with Crippen LogP contribution in [0.15, 0.2) is 30.6 Å². The molecule has 5 heteroatoms. The molecule has 82 valence electrons. The van der Waals surface area contributed by atoms with Crippen LogP contribution in [0, 0.1) is 6.92 Å². The Kier molecular flexibility index (Phi) is 2.92. The third-order valence-corrected chi connectivity index (χ3v) is 2.58. The normalized spacial score (nSPS) is 10.1. The van der Waals surface area contributed by atoms with Crippen LogP contribution in [-0.2, 0) is 0 Å². The number of hydrogen-bond acceptors (Lipinski definition) is 4. The molecule has 0 fully saturated rings. The quantitative estimate of drug-likeness (QED) is 0.839.